The van der Waals surface area contributed by atoms with E-state index in [1.165, 1.54) is 19.3 Å². The monoisotopic (exact) mass is 314 g/mol. The second-order valence-corrected chi connectivity index (χ2v) is 7.86. The van der Waals surface area contributed by atoms with Crippen LogP contribution in [0, 0.1) is 0 Å². The molecular weight excluding hydrogens is 292 g/mol. The van der Waals surface area contributed by atoms with Crippen LogP contribution in [0.25, 0.3) is 0 Å². The Kier molecular flexibility index (Phi) is 5.33. The predicted octanol–water partition coefficient (Wildman–Crippen LogP) is 0.834. The highest BCUT2D eigenvalue weighted by atomic mass is 32.2. The van der Waals surface area contributed by atoms with Gasteiger partial charge in [-0.05, 0) is 12.8 Å². The first-order valence-electron chi connectivity index (χ1n) is 7.28. The van der Waals surface area contributed by atoms with Crippen molar-refractivity contribution < 1.29 is 13.2 Å². The number of rotatable bonds is 6. The standard InChI is InChI=1S/C13H22N4O3S/c1-21(19,20)8-7-13(18)14-9-12-16-15-10-17(12)11-5-3-2-4-6-11/h10-11H,2-9H2,1H3,(H,14,18). The van der Waals surface area contributed by atoms with E-state index in [2.05, 4.69) is 15.5 Å². The molecule has 7 nitrogen and oxygen atoms in total. The molecule has 0 spiro atoms. The zero-order chi connectivity index (χ0) is 15.3. The molecule has 1 saturated carbocycles. The van der Waals surface area contributed by atoms with Gasteiger partial charge in [-0.3, -0.25) is 4.79 Å². The molecule has 1 N–H and O–H groups in total. The summed E-state index contributed by atoms with van der Waals surface area (Å²) in [6.45, 7) is 0.291. The second kappa shape index (κ2) is 7.02. The number of hydrogen-bond acceptors (Lipinski definition) is 5. The topological polar surface area (TPSA) is 93.9 Å². The minimum absolute atomic E-state index is 0.0175. The molecule has 1 aliphatic carbocycles. The molecule has 1 amide bonds. The van der Waals surface area contributed by atoms with Crippen LogP contribution in [0.2, 0.25) is 0 Å². The highest BCUT2D eigenvalue weighted by Gasteiger charge is 2.18. The van der Waals surface area contributed by atoms with Crippen LogP contribution in [-0.2, 0) is 21.2 Å². The number of carbonyl (C=O) groups excluding carboxylic acids is 1. The minimum atomic E-state index is -3.11. The van der Waals surface area contributed by atoms with E-state index in [1.54, 1.807) is 6.33 Å². The van der Waals surface area contributed by atoms with E-state index in [-0.39, 0.29) is 18.1 Å². The van der Waals surface area contributed by atoms with Gasteiger partial charge in [-0.25, -0.2) is 8.42 Å². The van der Waals surface area contributed by atoms with Crippen molar-refractivity contribution in [3.63, 3.8) is 0 Å². The number of nitrogens with one attached hydrogen (secondary N) is 1. The Morgan fingerprint density at radius 3 is 2.76 bits per heavy atom. The Morgan fingerprint density at radius 2 is 2.10 bits per heavy atom. The molecule has 21 heavy (non-hydrogen) atoms. The first-order valence-corrected chi connectivity index (χ1v) is 9.34. The Labute approximate surface area is 125 Å². The summed E-state index contributed by atoms with van der Waals surface area (Å²) in [5.41, 5.74) is 0. The molecule has 1 heterocycles. The van der Waals surface area contributed by atoms with E-state index in [9.17, 15) is 13.2 Å². The van der Waals surface area contributed by atoms with E-state index in [1.807, 2.05) is 4.57 Å². The first-order chi connectivity index (χ1) is 9.96. The maximum absolute atomic E-state index is 11.6. The maximum atomic E-state index is 11.6. The summed E-state index contributed by atoms with van der Waals surface area (Å²) in [6.07, 6.45) is 8.76. The second-order valence-electron chi connectivity index (χ2n) is 5.60. The molecule has 0 radical (unpaired) electrons. The molecule has 1 aromatic rings. The van der Waals surface area contributed by atoms with Gasteiger partial charge in [0.25, 0.3) is 0 Å². The summed E-state index contributed by atoms with van der Waals surface area (Å²) in [7, 11) is -3.11. The van der Waals surface area contributed by atoms with Crippen molar-refractivity contribution in [2.45, 2.75) is 51.1 Å². The summed E-state index contributed by atoms with van der Waals surface area (Å²) >= 11 is 0. The van der Waals surface area contributed by atoms with Crippen molar-refractivity contribution in [3.8, 4) is 0 Å². The van der Waals surface area contributed by atoms with Crippen LogP contribution < -0.4 is 5.32 Å². The average Bonchev–Trinajstić information content (AvgIpc) is 2.91. The lowest BCUT2D eigenvalue weighted by atomic mass is 9.95. The zero-order valence-corrected chi connectivity index (χ0v) is 13.1. The molecule has 0 saturated heterocycles. The number of sulfone groups is 1. The molecule has 8 heteroatoms. The van der Waals surface area contributed by atoms with Gasteiger partial charge in [0.05, 0.1) is 12.3 Å². The third-order valence-electron chi connectivity index (χ3n) is 3.76. The van der Waals surface area contributed by atoms with Crippen molar-refractivity contribution in [2.24, 2.45) is 0 Å². The summed E-state index contributed by atoms with van der Waals surface area (Å²) in [4.78, 5) is 11.6. The number of amides is 1. The van der Waals surface area contributed by atoms with E-state index in [0.29, 0.717) is 12.6 Å². The van der Waals surface area contributed by atoms with Gasteiger partial charge in [0.15, 0.2) is 5.82 Å². The number of aromatic nitrogens is 3. The van der Waals surface area contributed by atoms with Crippen LogP contribution in [-0.4, -0.2) is 41.1 Å². The SMILES string of the molecule is CS(=O)(=O)CCC(=O)NCc1nncn1C1CCCCC1. The summed E-state index contributed by atoms with van der Waals surface area (Å²) in [6, 6.07) is 0.414. The van der Waals surface area contributed by atoms with Crippen LogP contribution in [0.3, 0.4) is 0 Å². The van der Waals surface area contributed by atoms with Gasteiger partial charge >= 0.3 is 0 Å². The predicted molar refractivity (Wildman–Crippen MR) is 78.3 cm³/mol. The van der Waals surface area contributed by atoms with Gasteiger partial charge in [-0.2, -0.15) is 0 Å². The fourth-order valence-electron chi connectivity index (χ4n) is 2.60. The number of hydrogen-bond donors (Lipinski definition) is 1. The Balaban J connectivity index is 1.86. The molecule has 1 aliphatic rings. The van der Waals surface area contributed by atoms with Crippen LogP contribution >= 0.6 is 0 Å². The molecule has 0 aromatic carbocycles. The van der Waals surface area contributed by atoms with Gasteiger partial charge in [0.2, 0.25) is 5.91 Å². The molecular formula is C13H22N4O3S. The minimum Gasteiger partial charge on any atom is -0.349 e. The molecule has 0 bridgehead atoms. The molecule has 1 fully saturated rings. The van der Waals surface area contributed by atoms with E-state index < -0.39 is 9.84 Å². The third-order valence-corrected chi connectivity index (χ3v) is 4.70. The van der Waals surface area contributed by atoms with Gasteiger partial charge in [-0.15, -0.1) is 10.2 Å². The van der Waals surface area contributed by atoms with Crippen LogP contribution in [0.1, 0.15) is 50.4 Å². The Morgan fingerprint density at radius 1 is 1.38 bits per heavy atom. The van der Waals surface area contributed by atoms with Crippen molar-refractivity contribution >= 4 is 15.7 Å². The van der Waals surface area contributed by atoms with E-state index in [4.69, 9.17) is 0 Å². The highest BCUT2D eigenvalue weighted by Crippen LogP contribution is 2.28. The molecule has 2 rings (SSSR count). The number of nitrogens with zero attached hydrogens (tertiary/aromatic N) is 3. The van der Waals surface area contributed by atoms with Crippen LogP contribution in [0.5, 0.6) is 0 Å². The van der Waals surface area contributed by atoms with Crippen molar-refractivity contribution in [3.05, 3.63) is 12.2 Å². The van der Waals surface area contributed by atoms with Gasteiger partial charge in [0, 0.05) is 18.7 Å². The quantitative estimate of drug-likeness (QED) is 0.839. The Bertz CT molecular complexity index is 576. The largest absolute Gasteiger partial charge is 0.349 e. The van der Waals surface area contributed by atoms with Crippen LogP contribution in [0.4, 0.5) is 0 Å². The fourth-order valence-corrected chi connectivity index (χ4v) is 3.16. The third kappa shape index (κ3) is 5.11. The molecule has 1 aromatic heterocycles. The smallest absolute Gasteiger partial charge is 0.221 e. The summed E-state index contributed by atoms with van der Waals surface area (Å²) < 4.78 is 24.1. The van der Waals surface area contributed by atoms with Crippen LogP contribution in [0.15, 0.2) is 6.33 Å². The lowest BCUT2D eigenvalue weighted by Gasteiger charge is -2.24. The highest BCUT2D eigenvalue weighted by molar-refractivity contribution is 7.90. The van der Waals surface area contributed by atoms with Gasteiger partial charge < -0.3 is 9.88 Å². The summed E-state index contributed by atoms with van der Waals surface area (Å²) in [5.74, 6) is 0.321. The number of carbonyl (C=O) groups is 1. The normalized spacial score (nSPS) is 16.8. The van der Waals surface area contributed by atoms with Crippen molar-refractivity contribution in [1.29, 1.82) is 0 Å². The fraction of sp³-hybridized carbons (Fsp3) is 0.769. The van der Waals surface area contributed by atoms with Gasteiger partial charge in [-0.1, -0.05) is 19.3 Å². The average molecular weight is 314 g/mol. The van der Waals surface area contributed by atoms with E-state index in [0.717, 1.165) is 24.9 Å². The van der Waals surface area contributed by atoms with Gasteiger partial charge in [0.1, 0.15) is 16.2 Å². The van der Waals surface area contributed by atoms with Crippen molar-refractivity contribution in [1.82, 2.24) is 20.1 Å². The van der Waals surface area contributed by atoms with E-state index >= 15 is 0 Å². The Hall–Kier alpha value is -1.44. The maximum Gasteiger partial charge on any atom is 0.221 e. The zero-order valence-electron chi connectivity index (χ0n) is 12.3. The molecule has 118 valence electrons. The molecule has 0 unspecified atom stereocenters. The lowest BCUT2D eigenvalue weighted by Crippen LogP contribution is -2.27. The first kappa shape index (κ1) is 15.9. The summed E-state index contributed by atoms with van der Waals surface area (Å²) in [5, 5.41) is 10.7. The molecule has 0 atom stereocenters. The molecule has 0 aliphatic heterocycles. The van der Waals surface area contributed by atoms with Crippen molar-refractivity contribution in [2.75, 3.05) is 12.0 Å². The lowest BCUT2D eigenvalue weighted by molar-refractivity contribution is -0.120.